The van der Waals surface area contributed by atoms with E-state index in [0.717, 1.165) is 0 Å². The second-order valence-electron chi connectivity index (χ2n) is 4.93. The molecule has 0 aliphatic carbocycles. The van der Waals surface area contributed by atoms with E-state index in [1.807, 2.05) is 6.20 Å². The third-order valence-electron chi connectivity index (χ3n) is 3.80. The highest BCUT2D eigenvalue weighted by molar-refractivity contribution is 5.90. The van der Waals surface area contributed by atoms with Crippen molar-refractivity contribution in [1.29, 1.82) is 0 Å². The zero-order valence-electron chi connectivity index (χ0n) is 10.7. The van der Waals surface area contributed by atoms with Crippen molar-refractivity contribution in [1.82, 2.24) is 9.55 Å². The van der Waals surface area contributed by atoms with E-state index in [2.05, 4.69) is 71.2 Å². The molecule has 19 heavy (non-hydrogen) atoms. The molecule has 2 nitrogen and oxygen atoms in total. The smallest absolute Gasteiger partial charge is 0.0488 e. The molecule has 1 N–H and O–H groups in total. The first kappa shape index (κ1) is 10.4. The number of benzene rings is 2. The lowest BCUT2D eigenvalue weighted by Crippen LogP contribution is -1.90. The molecule has 0 saturated carbocycles. The lowest BCUT2D eigenvalue weighted by atomic mass is 10.1. The number of aromatic nitrogens is 2. The van der Waals surface area contributed by atoms with Crippen LogP contribution in [0.3, 0.4) is 0 Å². The van der Waals surface area contributed by atoms with Gasteiger partial charge in [-0.1, -0.05) is 24.3 Å². The Morgan fingerprint density at radius 1 is 0.895 bits per heavy atom. The van der Waals surface area contributed by atoms with Crippen LogP contribution in [0.15, 0.2) is 60.8 Å². The van der Waals surface area contributed by atoms with Gasteiger partial charge in [0.25, 0.3) is 0 Å². The molecule has 0 atom stereocenters. The number of H-pyrrole nitrogens is 1. The molecule has 0 saturated heterocycles. The van der Waals surface area contributed by atoms with Crippen LogP contribution in [-0.2, 0) is 7.05 Å². The summed E-state index contributed by atoms with van der Waals surface area (Å²) >= 11 is 0. The minimum absolute atomic E-state index is 1.18. The first-order chi connectivity index (χ1) is 9.33. The average Bonchev–Trinajstić information content (AvgIpc) is 3.03. The number of hydrogen-bond acceptors (Lipinski definition) is 0. The van der Waals surface area contributed by atoms with Gasteiger partial charge in [0, 0.05) is 40.7 Å². The van der Waals surface area contributed by atoms with E-state index in [1.54, 1.807) is 0 Å². The van der Waals surface area contributed by atoms with Crippen molar-refractivity contribution in [2.45, 2.75) is 0 Å². The Balaban J connectivity index is 2.00. The summed E-state index contributed by atoms with van der Waals surface area (Å²) in [7, 11) is 2.12. The Hall–Kier alpha value is -2.48. The number of aryl methyl sites for hydroxylation is 1. The van der Waals surface area contributed by atoms with Crippen LogP contribution < -0.4 is 0 Å². The van der Waals surface area contributed by atoms with Crippen LogP contribution in [0.2, 0.25) is 0 Å². The quantitative estimate of drug-likeness (QED) is 0.516. The molecule has 4 aromatic rings. The van der Waals surface area contributed by atoms with Gasteiger partial charge >= 0.3 is 0 Å². The Morgan fingerprint density at radius 2 is 1.79 bits per heavy atom. The third kappa shape index (κ3) is 1.50. The first-order valence-corrected chi connectivity index (χ1v) is 6.45. The van der Waals surface area contributed by atoms with Crippen LogP contribution in [0.5, 0.6) is 0 Å². The van der Waals surface area contributed by atoms with Gasteiger partial charge in [-0.3, -0.25) is 0 Å². The van der Waals surface area contributed by atoms with Gasteiger partial charge in [-0.2, -0.15) is 0 Å². The van der Waals surface area contributed by atoms with Gasteiger partial charge in [0.05, 0.1) is 0 Å². The molecular formula is C17H14N2. The molecule has 2 aromatic carbocycles. The summed E-state index contributed by atoms with van der Waals surface area (Å²) in [6, 6.07) is 19.4. The standard InChI is InChI=1S/C17H14N2/c1-19-16-5-3-2-4-13(16)11-17(19)14-6-7-15-12(10-14)8-9-18-15/h2-11,18H,1H3. The Labute approximate surface area is 111 Å². The molecule has 0 fully saturated rings. The first-order valence-electron chi connectivity index (χ1n) is 6.45. The molecule has 4 rings (SSSR count). The number of para-hydroxylation sites is 1. The van der Waals surface area contributed by atoms with Crippen molar-refractivity contribution in [3.63, 3.8) is 0 Å². The molecule has 0 aliphatic heterocycles. The topological polar surface area (TPSA) is 20.7 Å². The molecule has 0 aliphatic rings. The predicted octanol–water partition coefficient (Wildman–Crippen LogP) is 4.33. The lowest BCUT2D eigenvalue weighted by molar-refractivity contribution is 0.979. The lowest BCUT2D eigenvalue weighted by Gasteiger charge is -2.04. The molecule has 0 radical (unpaired) electrons. The largest absolute Gasteiger partial charge is 0.361 e. The van der Waals surface area contributed by atoms with Crippen molar-refractivity contribution < 1.29 is 0 Å². The Kier molecular flexibility index (Phi) is 2.06. The number of nitrogens with one attached hydrogen (secondary N) is 1. The van der Waals surface area contributed by atoms with Crippen LogP contribution in [0.25, 0.3) is 33.1 Å². The van der Waals surface area contributed by atoms with Crippen molar-refractivity contribution in [3.8, 4) is 11.3 Å². The average molecular weight is 246 g/mol. The third-order valence-corrected chi connectivity index (χ3v) is 3.80. The Morgan fingerprint density at radius 3 is 2.68 bits per heavy atom. The van der Waals surface area contributed by atoms with Crippen molar-refractivity contribution >= 4 is 21.8 Å². The molecule has 92 valence electrons. The van der Waals surface area contributed by atoms with Crippen LogP contribution in [0.1, 0.15) is 0 Å². The summed E-state index contributed by atoms with van der Waals surface area (Å²) < 4.78 is 2.25. The van der Waals surface area contributed by atoms with E-state index in [0.29, 0.717) is 0 Å². The summed E-state index contributed by atoms with van der Waals surface area (Å²) in [6.45, 7) is 0. The fourth-order valence-electron chi connectivity index (χ4n) is 2.78. The van der Waals surface area contributed by atoms with Gasteiger partial charge in [0.2, 0.25) is 0 Å². The fraction of sp³-hybridized carbons (Fsp3) is 0.0588. The summed E-state index contributed by atoms with van der Waals surface area (Å²) in [5.74, 6) is 0. The van der Waals surface area contributed by atoms with Gasteiger partial charge in [0.15, 0.2) is 0 Å². The summed E-state index contributed by atoms with van der Waals surface area (Å²) in [4.78, 5) is 3.23. The molecule has 0 spiro atoms. The zero-order valence-corrected chi connectivity index (χ0v) is 10.7. The van der Waals surface area contributed by atoms with Crippen LogP contribution in [0.4, 0.5) is 0 Å². The summed E-state index contributed by atoms with van der Waals surface area (Å²) in [6.07, 6.45) is 1.98. The maximum atomic E-state index is 3.23. The monoisotopic (exact) mass is 246 g/mol. The highest BCUT2D eigenvalue weighted by Gasteiger charge is 2.07. The van der Waals surface area contributed by atoms with Gasteiger partial charge in [-0.05, 0) is 35.9 Å². The zero-order chi connectivity index (χ0) is 12.8. The summed E-state index contributed by atoms with van der Waals surface area (Å²) in [5, 5.41) is 2.54. The Bertz CT molecular complexity index is 880. The van der Waals surface area contributed by atoms with E-state index in [-0.39, 0.29) is 0 Å². The normalized spacial score (nSPS) is 11.4. The molecule has 2 heterocycles. The van der Waals surface area contributed by atoms with Gasteiger partial charge in [0.1, 0.15) is 0 Å². The maximum absolute atomic E-state index is 3.23. The van der Waals surface area contributed by atoms with Crippen LogP contribution >= 0.6 is 0 Å². The molecular weight excluding hydrogens is 232 g/mol. The minimum atomic E-state index is 1.18. The molecule has 0 amide bonds. The SMILES string of the molecule is Cn1c(-c2ccc3[nH]ccc3c2)cc2ccccc21. The second kappa shape index (κ2) is 3.75. The number of hydrogen-bond donors (Lipinski definition) is 1. The molecule has 2 heteroatoms. The highest BCUT2D eigenvalue weighted by Crippen LogP contribution is 2.29. The number of rotatable bonds is 1. The van der Waals surface area contributed by atoms with E-state index in [9.17, 15) is 0 Å². The van der Waals surface area contributed by atoms with E-state index < -0.39 is 0 Å². The van der Waals surface area contributed by atoms with Crippen LogP contribution in [0, 0.1) is 0 Å². The van der Waals surface area contributed by atoms with E-state index in [1.165, 1.54) is 33.1 Å². The van der Waals surface area contributed by atoms with Crippen molar-refractivity contribution in [3.05, 3.63) is 60.8 Å². The fourth-order valence-corrected chi connectivity index (χ4v) is 2.78. The molecule has 0 bridgehead atoms. The van der Waals surface area contributed by atoms with Crippen molar-refractivity contribution in [2.24, 2.45) is 7.05 Å². The maximum Gasteiger partial charge on any atom is 0.0488 e. The second-order valence-corrected chi connectivity index (χ2v) is 4.93. The van der Waals surface area contributed by atoms with Gasteiger partial charge < -0.3 is 9.55 Å². The number of fused-ring (bicyclic) bond motifs is 2. The van der Waals surface area contributed by atoms with E-state index in [4.69, 9.17) is 0 Å². The van der Waals surface area contributed by atoms with Crippen molar-refractivity contribution in [2.75, 3.05) is 0 Å². The predicted molar refractivity (Wildman–Crippen MR) is 80.2 cm³/mol. The van der Waals surface area contributed by atoms with Gasteiger partial charge in [-0.15, -0.1) is 0 Å². The minimum Gasteiger partial charge on any atom is -0.361 e. The molecule has 2 aromatic heterocycles. The summed E-state index contributed by atoms with van der Waals surface area (Å²) in [5.41, 5.74) is 4.96. The number of nitrogens with zero attached hydrogens (tertiary/aromatic N) is 1. The van der Waals surface area contributed by atoms with Gasteiger partial charge in [-0.25, -0.2) is 0 Å². The number of aromatic amines is 1. The highest BCUT2D eigenvalue weighted by atomic mass is 14.9. The molecule has 0 unspecified atom stereocenters. The van der Waals surface area contributed by atoms with E-state index >= 15 is 0 Å². The van der Waals surface area contributed by atoms with Crippen LogP contribution in [-0.4, -0.2) is 9.55 Å².